The van der Waals surface area contributed by atoms with Gasteiger partial charge in [-0.05, 0) is 49.9 Å². The van der Waals surface area contributed by atoms with E-state index in [0.717, 1.165) is 41.0 Å². The first-order chi connectivity index (χ1) is 14.6. The fourth-order valence-electron chi connectivity index (χ4n) is 3.72. The highest BCUT2D eigenvalue weighted by molar-refractivity contribution is 5.79. The van der Waals surface area contributed by atoms with Crippen molar-refractivity contribution >= 4 is 5.52 Å². The third-order valence-corrected chi connectivity index (χ3v) is 5.36. The van der Waals surface area contributed by atoms with Crippen LogP contribution in [0.15, 0.2) is 47.8 Å². The Morgan fingerprint density at radius 1 is 1.10 bits per heavy atom. The Morgan fingerprint density at radius 2 is 1.87 bits per heavy atom. The fourth-order valence-corrected chi connectivity index (χ4v) is 3.72. The molecule has 0 spiro atoms. The number of ether oxygens (including phenoxy) is 2. The van der Waals surface area contributed by atoms with Crippen LogP contribution in [0.2, 0.25) is 0 Å². The Kier molecular flexibility index (Phi) is 4.27. The lowest BCUT2D eigenvalue weighted by molar-refractivity contribution is 0.303. The third-order valence-electron chi connectivity index (χ3n) is 5.36. The van der Waals surface area contributed by atoms with Crippen LogP contribution < -0.4 is 15.0 Å². The lowest BCUT2D eigenvalue weighted by Gasteiger charge is -2.08. The second kappa shape index (κ2) is 6.98. The van der Waals surface area contributed by atoms with Crippen molar-refractivity contribution in [2.45, 2.75) is 32.8 Å². The summed E-state index contributed by atoms with van der Waals surface area (Å²) in [4.78, 5) is 21.6. The molecule has 0 amide bonds. The van der Waals surface area contributed by atoms with Gasteiger partial charge in [0.15, 0.2) is 5.75 Å². The maximum absolute atomic E-state index is 13.3. The third kappa shape index (κ3) is 3.01. The van der Waals surface area contributed by atoms with Gasteiger partial charge in [-0.15, -0.1) is 0 Å². The number of rotatable bonds is 5. The molecule has 5 rings (SSSR count). The molecule has 8 heteroatoms. The molecule has 3 aromatic heterocycles. The minimum Gasteiger partial charge on any atom is -0.494 e. The van der Waals surface area contributed by atoms with Crippen molar-refractivity contribution in [1.29, 1.82) is 0 Å². The van der Waals surface area contributed by atoms with E-state index in [1.54, 1.807) is 6.33 Å². The molecule has 0 radical (unpaired) electrons. The minimum atomic E-state index is -0.278. The largest absolute Gasteiger partial charge is 0.494 e. The van der Waals surface area contributed by atoms with Crippen molar-refractivity contribution < 1.29 is 9.47 Å². The summed E-state index contributed by atoms with van der Waals surface area (Å²) >= 11 is 0. The summed E-state index contributed by atoms with van der Waals surface area (Å²) in [5.41, 5.74) is 4.11. The van der Waals surface area contributed by atoms with Crippen LogP contribution in [0.1, 0.15) is 24.1 Å². The quantitative estimate of drug-likeness (QED) is 0.509. The van der Waals surface area contributed by atoms with E-state index in [-0.39, 0.29) is 11.5 Å². The zero-order valence-electron chi connectivity index (χ0n) is 17.0. The van der Waals surface area contributed by atoms with Crippen LogP contribution in [0.4, 0.5) is 0 Å². The molecule has 30 heavy (non-hydrogen) atoms. The van der Waals surface area contributed by atoms with E-state index in [0.29, 0.717) is 17.4 Å². The smallest absolute Gasteiger partial charge is 0.298 e. The van der Waals surface area contributed by atoms with Gasteiger partial charge < -0.3 is 9.47 Å². The van der Waals surface area contributed by atoms with E-state index >= 15 is 0 Å². The van der Waals surface area contributed by atoms with Crippen molar-refractivity contribution in [3.8, 4) is 28.6 Å². The second-order valence-electron chi connectivity index (χ2n) is 7.42. The Labute approximate surface area is 172 Å². The van der Waals surface area contributed by atoms with E-state index in [2.05, 4.69) is 15.1 Å². The van der Waals surface area contributed by atoms with Crippen LogP contribution >= 0.6 is 0 Å². The van der Waals surface area contributed by atoms with Gasteiger partial charge in [0.25, 0.3) is 11.5 Å². The molecular formula is C22H21N5O3. The van der Waals surface area contributed by atoms with Crippen LogP contribution in [0.5, 0.6) is 11.5 Å². The van der Waals surface area contributed by atoms with Gasteiger partial charge in [-0.3, -0.25) is 9.20 Å². The van der Waals surface area contributed by atoms with E-state index in [1.165, 1.54) is 24.2 Å². The lowest BCUT2D eigenvalue weighted by Crippen LogP contribution is -2.25. The summed E-state index contributed by atoms with van der Waals surface area (Å²) in [6.07, 6.45) is 7.19. The molecule has 3 heterocycles. The first kappa shape index (κ1) is 18.4. The van der Waals surface area contributed by atoms with Crippen LogP contribution in [0.3, 0.4) is 0 Å². The molecule has 0 unspecified atom stereocenters. The number of nitrogens with zero attached hydrogens (tertiary/aromatic N) is 5. The zero-order chi connectivity index (χ0) is 20.8. The van der Waals surface area contributed by atoms with E-state index in [4.69, 9.17) is 9.47 Å². The standard InChI is InChI=1S/C22H21N5O3/c1-13-19(15-5-4-6-17(9-15)30-16-7-8-16)14(2)26-12-25-27(21(28)20(13)26)22-23-10-18(29-3)11-24-22/h4-6,9-12,16H,7-8H2,1-3H3. The highest BCUT2D eigenvalue weighted by atomic mass is 16.5. The van der Waals surface area contributed by atoms with Crippen LogP contribution in [0.25, 0.3) is 22.6 Å². The average molecular weight is 403 g/mol. The molecule has 0 N–H and O–H groups in total. The molecular weight excluding hydrogens is 382 g/mol. The van der Waals surface area contributed by atoms with Gasteiger partial charge in [-0.1, -0.05) is 12.1 Å². The molecule has 0 atom stereocenters. The molecule has 1 aliphatic rings. The van der Waals surface area contributed by atoms with Crippen molar-refractivity contribution in [2.24, 2.45) is 0 Å². The number of hydrogen-bond donors (Lipinski definition) is 0. The second-order valence-corrected chi connectivity index (χ2v) is 7.42. The van der Waals surface area contributed by atoms with Gasteiger partial charge in [0.1, 0.15) is 17.6 Å². The number of hydrogen-bond acceptors (Lipinski definition) is 6. The first-order valence-electron chi connectivity index (χ1n) is 9.80. The molecule has 1 aromatic carbocycles. The number of aromatic nitrogens is 5. The molecule has 1 saturated carbocycles. The fraction of sp³-hybridized carbons (Fsp3) is 0.273. The van der Waals surface area contributed by atoms with Crippen LogP contribution in [-0.2, 0) is 0 Å². The van der Waals surface area contributed by atoms with Crippen molar-refractivity contribution in [3.05, 3.63) is 64.6 Å². The van der Waals surface area contributed by atoms with Crippen molar-refractivity contribution in [1.82, 2.24) is 24.1 Å². The Balaban J connectivity index is 1.64. The Bertz CT molecular complexity index is 1300. The predicted octanol–water partition coefficient (Wildman–Crippen LogP) is 3.11. The highest BCUT2D eigenvalue weighted by Crippen LogP contribution is 2.34. The number of fused-ring (bicyclic) bond motifs is 1. The maximum atomic E-state index is 13.3. The Morgan fingerprint density at radius 3 is 2.57 bits per heavy atom. The van der Waals surface area contributed by atoms with Gasteiger partial charge in [-0.25, -0.2) is 9.97 Å². The summed E-state index contributed by atoms with van der Waals surface area (Å²) < 4.78 is 14.1. The summed E-state index contributed by atoms with van der Waals surface area (Å²) in [6.45, 7) is 3.94. The number of methoxy groups -OCH3 is 1. The number of aryl methyl sites for hydroxylation is 2. The first-order valence-corrected chi connectivity index (χ1v) is 9.80. The lowest BCUT2D eigenvalue weighted by atomic mass is 10.0. The van der Waals surface area contributed by atoms with Gasteiger partial charge in [0, 0.05) is 11.3 Å². The molecule has 1 aliphatic carbocycles. The van der Waals surface area contributed by atoms with Crippen molar-refractivity contribution in [3.63, 3.8) is 0 Å². The molecule has 0 saturated heterocycles. The summed E-state index contributed by atoms with van der Waals surface area (Å²) in [5, 5.41) is 4.28. The molecule has 0 aliphatic heterocycles. The van der Waals surface area contributed by atoms with Crippen LogP contribution in [0, 0.1) is 13.8 Å². The predicted molar refractivity (Wildman–Crippen MR) is 111 cm³/mol. The van der Waals surface area contributed by atoms with Gasteiger partial charge in [0.05, 0.1) is 25.6 Å². The summed E-state index contributed by atoms with van der Waals surface area (Å²) in [6, 6.07) is 8.02. The molecule has 0 bridgehead atoms. The highest BCUT2D eigenvalue weighted by Gasteiger charge is 2.24. The minimum absolute atomic E-state index is 0.197. The van der Waals surface area contributed by atoms with E-state index in [9.17, 15) is 4.79 Å². The van der Waals surface area contributed by atoms with Gasteiger partial charge in [-0.2, -0.15) is 9.78 Å². The Hall–Kier alpha value is -3.68. The molecule has 4 aromatic rings. The van der Waals surface area contributed by atoms with E-state index in [1.807, 2.05) is 42.5 Å². The van der Waals surface area contributed by atoms with Gasteiger partial charge >= 0.3 is 0 Å². The van der Waals surface area contributed by atoms with E-state index < -0.39 is 0 Å². The number of benzene rings is 1. The average Bonchev–Trinajstić information content (AvgIpc) is 3.53. The normalized spacial score (nSPS) is 13.6. The monoisotopic (exact) mass is 403 g/mol. The molecule has 8 nitrogen and oxygen atoms in total. The summed E-state index contributed by atoms with van der Waals surface area (Å²) in [7, 11) is 1.54. The topological polar surface area (TPSA) is 83.5 Å². The van der Waals surface area contributed by atoms with Gasteiger partial charge in [0.2, 0.25) is 0 Å². The van der Waals surface area contributed by atoms with Crippen LogP contribution in [-0.4, -0.2) is 37.4 Å². The zero-order valence-corrected chi connectivity index (χ0v) is 17.0. The SMILES string of the molecule is COc1cnc(-n2ncn3c(C)c(-c4cccc(OC5CC5)c4)c(C)c3c2=O)nc1. The molecule has 1 fully saturated rings. The molecule has 152 valence electrons. The summed E-state index contributed by atoms with van der Waals surface area (Å²) in [5.74, 6) is 1.56. The van der Waals surface area contributed by atoms with Crippen molar-refractivity contribution in [2.75, 3.05) is 7.11 Å². The maximum Gasteiger partial charge on any atom is 0.298 e.